The van der Waals surface area contributed by atoms with Gasteiger partial charge in [-0.3, -0.25) is 4.79 Å². The molecule has 0 atom stereocenters. The van der Waals surface area contributed by atoms with E-state index < -0.39 is 12.6 Å². The van der Waals surface area contributed by atoms with E-state index in [1.165, 1.54) is 6.07 Å². The number of aliphatic imine (C=N–C) groups is 1. The normalized spacial score (nSPS) is 12.1. The highest BCUT2D eigenvalue weighted by molar-refractivity contribution is 5.79. The fourth-order valence-corrected chi connectivity index (χ4v) is 2.37. The number of aromatic nitrogens is 1. The second kappa shape index (κ2) is 9.80. The topological polar surface area (TPSA) is 58.4 Å². The van der Waals surface area contributed by atoms with Crippen LogP contribution in [0, 0.1) is 0 Å². The van der Waals surface area contributed by atoms with Gasteiger partial charge in [-0.1, -0.05) is 30.3 Å². The van der Waals surface area contributed by atoms with E-state index in [9.17, 15) is 18.0 Å². The minimum atomic E-state index is -4.19. The first kappa shape index (κ1) is 20.5. The highest BCUT2D eigenvalue weighted by Crippen LogP contribution is 2.18. The quantitative estimate of drug-likeness (QED) is 0.574. The number of pyridine rings is 1. The third-order valence-electron chi connectivity index (χ3n) is 3.74. The summed E-state index contributed by atoms with van der Waals surface area (Å²) in [6.07, 6.45) is -3.37. The first-order chi connectivity index (χ1) is 12.9. The molecule has 5 nitrogen and oxygen atoms in total. The molecule has 0 saturated heterocycles. The molecule has 0 unspecified atom stereocenters. The number of nitrogens with one attached hydrogen (secondary N) is 2. The summed E-state index contributed by atoms with van der Waals surface area (Å²) >= 11 is 0. The van der Waals surface area contributed by atoms with Gasteiger partial charge in [0.05, 0.1) is 19.5 Å². The molecule has 146 valence electrons. The van der Waals surface area contributed by atoms with E-state index in [2.05, 4.69) is 15.6 Å². The summed E-state index contributed by atoms with van der Waals surface area (Å²) in [6, 6.07) is 12.6. The molecule has 0 aliphatic heterocycles. The third kappa shape index (κ3) is 7.55. The van der Waals surface area contributed by atoms with Crippen LogP contribution in [0.4, 0.5) is 13.2 Å². The van der Waals surface area contributed by atoms with Crippen LogP contribution in [0.15, 0.2) is 58.4 Å². The Morgan fingerprint density at radius 2 is 1.78 bits per heavy atom. The number of guanidine groups is 1. The first-order valence-electron chi connectivity index (χ1n) is 8.69. The summed E-state index contributed by atoms with van der Waals surface area (Å²) in [5.41, 5.74) is 1.84. The SMILES string of the molecule is CCNC(=NCc1ccc(Cn2ccccc2=O)cc1)NCCC(F)(F)F. The van der Waals surface area contributed by atoms with E-state index in [1.807, 2.05) is 31.2 Å². The number of nitrogens with zero attached hydrogens (tertiary/aromatic N) is 2. The average molecular weight is 380 g/mol. The maximum atomic E-state index is 12.2. The molecule has 1 aromatic heterocycles. The van der Waals surface area contributed by atoms with Crippen LogP contribution in [0.5, 0.6) is 0 Å². The van der Waals surface area contributed by atoms with Crippen molar-refractivity contribution in [2.75, 3.05) is 13.1 Å². The first-order valence-corrected chi connectivity index (χ1v) is 8.69. The maximum Gasteiger partial charge on any atom is 0.390 e. The molecule has 0 radical (unpaired) electrons. The Bertz CT molecular complexity index is 798. The molecular formula is C19H23F3N4O. The molecule has 0 bridgehead atoms. The van der Waals surface area contributed by atoms with Gasteiger partial charge in [0.2, 0.25) is 0 Å². The summed E-state index contributed by atoms with van der Waals surface area (Å²) in [7, 11) is 0. The van der Waals surface area contributed by atoms with E-state index in [0.29, 0.717) is 25.6 Å². The van der Waals surface area contributed by atoms with Crippen LogP contribution in [0.3, 0.4) is 0 Å². The lowest BCUT2D eigenvalue weighted by molar-refractivity contribution is -0.132. The summed E-state index contributed by atoms with van der Waals surface area (Å²) in [4.78, 5) is 16.0. The summed E-state index contributed by atoms with van der Waals surface area (Å²) in [5, 5.41) is 5.60. The Hall–Kier alpha value is -2.77. The average Bonchev–Trinajstić information content (AvgIpc) is 2.62. The van der Waals surface area contributed by atoms with Crippen molar-refractivity contribution in [3.05, 3.63) is 70.1 Å². The zero-order chi connectivity index (χ0) is 19.7. The minimum absolute atomic E-state index is 0.0635. The highest BCUT2D eigenvalue weighted by atomic mass is 19.4. The van der Waals surface area contributed by atoms with Crippen LogP contribution < -0.4 is 16.2 Å². The third-order valence-corrected chi connectivity index (χ3v) is 3.74. The van der Waals surface area contributed by atoms with Crippen LogP contribution in [-0.4, -0.2) is 29.8 Å². The van der Waals surface area contributed by atoms with Gasteiger partial charge in [0, 0.05) is 25.4 Å². The standard InChI is InChI=1S/C19H23F3N4O/c1-2-23-18(24-11-10-19(20,21)22)25-13-15-6-8-16(9-7-15)14-26-12-4-3-5-17(26)27/h3-9,12H,2,10-11,13-14H2,1H3,(H2,23,24,25). The zero-order valence-electron chi connectivity index (χ0n) is 15.1. The second-order valence-corrected chi connectivity index (χ2v) is 5.97. The van der Waals surface area contributed by atoms with Gasteiger partial charge in [0.15, 0.2) is 5.96 Å². The van der Waals surface area contributed by atoms with Crippen molar-refractivity contribution >= 4 is 5.96 Å². The molecule has 27 heavy (non-hydrogen) atoms. The minimum Gasteiger partial charge on any atom is -0.357 e. The van der Waals surface area contributed by atoms with Crippen molar-refractivity contribution in [1.29, 1.82) is 0 Å². The lowest BCUT2D eigenvalue weighted by Crippen LogP contribution is -2.38. The zero-order valence-corrected chi connectivity index (χ0v) is 15.1. The van der Waals surface area contributed by atoms with E-state index in [4.69, 9.17) is 0 Å². The maximum absolute atomic E-state index is 12.2. The fourth-order valence-electron chi connectivity index (χ4n) is 2.37. The fraction of sp³-hybridized carbons (Fsp3) is 0.368. The Balaban J connectivity index is 1.94. The van der Waals surface area contributed by atoms with Crippen LogP contribution >= 0.6 is 0 Å². The summed E-state index contributed by atoms with van der Waals surface area (Å²) in [5.74, 6) is 0.349. The lowest BCUT2D eigenvalue weighted by Gasteiger charge is -2.12. The molecule has 1 heterocycles. The monoisotopic (exact) mass is 380 g/mol. The molecule has 0 aliphatic rings. The number of hydrogen-bond donors (Lipinski definition) is 2. The van der Waals surface area contributed by atoms with Gasteiger partial charge >= 0.3 is 6.18 Å². The Kier molecular flexibility index (Phi) is 7.45. The van der Waals surface area contributed by atoms with Gasteiger partial charge < -0.3 is 15.2 Å². The lowest BCUT2D eigenvalue weighted by atomic mass is 10.1. The number of alkyl halides is 3. The number of hydrogen-bond acceptors (Lipinski definition) is 2. The summed E-state index contributed by atoms with van der Waals surface area (Å²) < 4.78 is 38.3. The number of rotatable bonds is 7. The molecule has 8 heteroatoms. The van der Waals surface area contributed by atoms with Crippen LogP contribution in [0.2, 0.25) is 0 Å². The van der Waals surface area contributed by atoms with E-state index in [1.54, 1.807) is 22.9 Å². The van der Waals surface area contributed by atoms with Gasteiger partial charge in [-0.05, 0) is 24.1 Å². The van der Waals surface area contributed by atoms with Gasteiger partial charge in [0.1, 0.15) is 0 Å². The van der Waals surface area contributed by atoms with Gasteiger partial charge in [-0.25, -0.2) is 4.99 Å². The van der Waals surface area contributed by atoms with E-state index >= 15 is 0 Å². The molecule has 0 aliphatic carbocycles. The van der Waals surface area contributed by atoms with Gasteiger partial charge in [-0.15, -0.1) is 0 Å². The predicted octanol–water partition coefficient (Wildman–Crippen LogP) is 2.90. The van der Waals surface area contributed by atoms with Crippen molar-refractivity contribution in [3.8, 4) is 0 Å². The van der Waals surface area contributed by atoms with Crippen LogP contribution in [0.25, 0.3) is 0 Å². The van der Waals surface area contributed by atoms with Crippen LogP contribution in [-0.2, 0) is 13.1 Å². The number of benzene rings is 1. The van der Waals surface area contributed by atoms with Crippen molar-refractivity contribution in [2.24, 2.45) is 4.99 Å². The Morgan fingerprint density at radius 3 is 2.41 bits per heavy atom. The molecule has 1 aromatic carbocycles. The molecule has 0 saturated carbocycles. The van der Waals surface area contributed by atoms with E-state index in [-0.39, 0.29) is 12.1 Å². The van der Waals surface area contributed by atoms with E-state index in [0.717, 1.165) is 11.1 Å². The molecule has 2 rings (SSSR count). The van der Waals surface area contributed by atoms with Crippen LogP contribution in [0.1, 0.15) is 24.5 Å². The second-order valence-electron chi connectivity index (χ2n) is 5.97. The molecule has 2 aromatic rings. The van der Waals surface area contributed by atoms with Crippen molar-refractivity contribution in [1.82, 2.24) is 15.2 Å². The molecule has 0 fully saturated rings. The van der Waals surface area contributed by atoms with Gasteiger partial charge in [-0.2, -0.15) is 13.2 Å². The smallest absolute Gasteiger partial charge is 0.357 e. The van der Waals surface area contributed by atoms with Crippen molar-refractivity contribution < 1.29 is 13.2 Å². The number of halogens is 3. The largest absolute Gasteiger partial charge is 0.390 e. The van der Waals surface area contributed by atoms with Gasteiger partial charge in [0.25, 0.3) is 5.56 Å². The molecule has 2 N–H and O–H groups in total. The summed E-state index contributed by atoms with van der Waals surface area (Å²) in [6.45, 7) is 3.00. The van der Waals surface area contributed by atoms with Crippen molar-refractivity contribution in [2.45, 2.75) is 32.6 Å². The van der Waals surface area contributed by atoms with Crippen molar-refractivity contribution in [3.63, 3.8) is 0 Å². The molecule has 0 spiro atoms. The Morgan fingerprint density at radius 1 is 1.07 bits per heavy atom. The molecular weight excluding hydrogens is 357 g/mol. The molecule has 0 amide bonds. The predicted molar refractivity (Wildman–Crippen MR) is 99.7 cm³/mol. The highest BCUT2D eigenvalue weighted by Gasteiger charge is 2.26. The Labute approximate surface area is 155 Å².